The third kappa shape index (κ3) is 4.24. The van der Waals surface area contributed by atoms with Crippen molar-refractivity contribution >= 4 is 45.9 Å². The van der Waals surface area contributed by atoms with Gasteiger partial charge in [-0.25, -0.2) is 15.0 Å². The minimum Gasteiger partial charge on any atom is -0.285 e. The highest BCUT2D eigenvalue weighted by atomic mass is 35.5. The van der Waals surface area contributed by atoms with E-state index in [0.29, 0.717) is 33.6 Å². The largest absolute Gasteiger partial charge is 0.285 e. The van der Waals surface area contributed by atoms with E-state index in [1.165, 1.54) is 23.5 Å². The van der Waals surface area contributed by atoms with Crippen molar-refractivity contribution in [3.63, 3.8) is 0 Å². The first-order chi connectivity index (χ1) is 15.2. The van der Waals surface area contributed by atoms with Crippen molar-refractivity contribution in [2.24, 2.45) is 4.99 Å². The van der Waals surface area contributed by atoms with E-state index in [1.54, 1.807) is 10.8 Å². The minimum atomic E-state index is -0.167. The number of aromatic nitrogens is 4. The van der Waals surface area contributed by atoms with E-state index in [4.69, 9.17) is 16.6 Å². The molecule has 0 fully saturated rings. The lowest BCUT2D eigenvalue weighted by Crippen LogP contribution is -2.25. The van der Waals surface area contributed by atoms with E-state index in [9.17, 15) is 4.79 Å². The quantitative estimate of drug-likeness (QED) is 0.321. The molecule has 0 bridgehead atoms. The van der Waals surface area contributed by atoms with Crippen molar-refractivity contribution in [3.8, 4) is 0 Å². The molecule has 0 aliphatic carbocycles. The van der Waals surface area contributed by atoms with Gasteiger partial charge in [-0.05, 0) is 29.7 Å². The van der Waals surface area contributed by atoms with Crippen LogP contribution in [0.25, 0.3) is 11.2 Å². The molecule has 3 heterocycles. The number of nitrogens with zero attached hydrogens (tertiary/aromatic N) is 5. The summed E-state index contributed by atoms with van der Waals surface area (Å²) in [4.78, 5) is 30.9. The highest BCUT2D eigenvalue weighted by Gasteiger charge is 2.18. The molecular formula is C23H18ClN5OS. The minimum absolute atomic E-state index is 0.167. The van der Waals surface area contributed by atoms with Gasteiger partial charge in [-0.15, -0.1) is 0 Å². The van der Waals surface area contributed by atoms with Crippen LogP contribution < -0.4 is 5.56 Å². The summed E-state index contributed by atoms with van der Waals surface area (Å²) in [7, 11) is 0. The molecule has 4 aromatic rings. The van der Waals surface area contributed by atoms with Crippen molar-refractivity contribution in [2.45, 2.75) is 24.5 Å². The van der Waals surface area contributed by atoms with Crippen molar-refractivity contribution < 1.29 is 0 Å². The van der Waals surface area contributed by atoms with Crippen LogP contribution in [-0.4, -0.2) is 31.0 Å². The van der Waals surface area contributed by atoms with Gasteiger partial charge in [-0.3, -0.25) is 14.4 Å². The first kappa shape index (κ1) is 19.9. The number of aryl methyl sites for hydroxylation is 1. The van der Waals surface area contributed by atoms with Crippen LogP contribution in [0, 0.1) is 0 Å². The van der Waals surface area contributed by atoms with Crippen LogP contribution in [0.4, 0.5) is 5.69 Å². The lowest BCUT2D eigenvalue weighted by molar-refractivity contribution is 0.593. The van der Waals surface area contributed by atoms with E-state index in [2.05, 4.69) is 27.1 Å². The molecule has 5 rings (SSSR count). The fourth-order valence-corrected chi connectivity index (χ4v) is 4.68. The maximum Gasteiger partial charge on any atom is 0.282 e. The van der Waals surface area contributed by atoms with Gasteiger partial charge in [0.05, 0.1) is 5.69 Å². The Balaban J connectivity index is 1.43. The van der Waals surface area contributed by atoms with Gasteiger partial charge in [0.15, 0.2) is 16.3 Å². The molecule has 0 saturated carbocycles. The molecule has 6 nitrogen and oxygen atoms in total. The Labute approximate surface area is 188 Å². The average molecular weight is 448 g/mol. The highest BCUT2D eigenvalue weighted by Crippen LogP contribution is 2.31. The van der Waals surface area contributed by atoms with Crippen molar-refractivity contribution in [1.82, 2.24) is 19.5 Å². The Morgan fingerprint density at radius 3 is 2.77 bits per heavy atom. The van der Waals surface area contributed by atoms with Crippen molar-refractivity contribution in [2.75, 3.05) is 5.75 Å². The van der Waals surface area contributed by atoms with Crippen LogP contribution in [0.5, 0.6) is 0 Å². The summed E-state index contributed by atoms with van der Waals surface area (Å²) in [6.45, 7) is 0.521. The zero-order chi connectivity index (χ0) is 21.2. The smallest absolute Gasteiger partial charge is 0.282 e. The van der Waals surface area contributed by atoms with Gasteiger partial charge in [-0.1, -0.05) is 59.8 Å². The lowest BCUT2D eigenvalue weighted by Gasteiger charge is -2.12. The van der Waals surface area contributed by atoms with Gasteiger partial charge in [0.1, 0.15) is 0 Å². The van der Waals surface area contributed by atoms with Gasteiger partial charge in [0.2, 0.25) is 0 Å². The molecule has 0 amide bonds. The van der Waals surface area contributed by atoms with E-state index < -0.39 is 0 Å². The molecule has 1 aliphatic rings. The van der Waals surface area contributed by atoms with Crippen LogP contribution in [0.3, 0.4) is 0 Å². The molecule has 0 unspecified atom stereocenters. The lowest BCUT2D eigenvalue weighted by atomic mass is 10.1. The summed E-state index contributed by atoms with van der Waals surface area (Å²) in [5, 5.41) is 1.31. The van der Waals surface area contributed by atoms with E-state index in [1.807, 2.05) is 36.4 Å². The summed E-state index contributed by atoms with van der Waals surface area (Å²) in [6.07, 6.45) is 4.59. The van der Waals surface area contributed by atoms with Gasteiger partial charge < -0.3 is 0 Å². The molecule has 31 heavy (non-hydrogen) atoms. The number of hydrogen-bond donors (Lipinski definition) is 0. The van der Waals surface area contributed by atoms with Crippen LogP contribution in [0.1, 0.15) is 11.1 Å². The molecule has 2 aromatic heterocycles. The van der Waals surface area contributed by atoms with Crippen LogP contribution in [0.15, 0.2) is 75.9 Å². The first-order valence-corrected chi connectivity index (χ1v) is 11.3. The van der Waals surface area contributed by atoms with E-state index in [0.717, 1.165) is 29.8 Å². The van der Waals surface area contributed by atoms with Crippen LogP contribution >= 0.6 is 23.4 Å². The maximum absolute atomic E-state index is 13.1. The molecule has 0 spiro atoms. The summed E-state index contributed by atoms with van der Waals surface area (Å²) < 4.78 is 1.70. The second-order valence-electron chi connectivity index (χ2n) is 7.23. The molecule has 8 heteroatoms. The fourth-order valence-electron chi connectivity index (χ4n) is 3.57. The Morgan fingerprint density at radius 2 is 1.90 bits per heavy atom. The molecule has 0 atom stereocenters. The zero-order valence-corrected chi connectivity index (χ0v) is 18.1. The number of benzene rings is 2. The SMILES string of the molecule is O=c1c2nccnc2nc(SCC2=Nc3cc(Cl)ccc3C2)n1CCc1ccccc1. The summed E-state index contributed by atoms with van der Waals surface area (Å²) in [5.41, 5.74) is 4.78. The van der Waals surface area contributed by atoms with E-state index >= 15 is 0 Å². The third-order valence-electron chi connectivity index (χ3n) is 5.11. The fraction of sp³-hybridized carbons (Fsp3) is 0.174. The maximum atomic E-state index is 13.1. The van der Waals surface area contributed by atoms with Crippen LogP contribution in [0.2, 0.25) is 5.02 Å². The van der Waals surface area contributed by atoms with Gasteiger partial charge in [0, 0.05) is 41.8 Å². The standard InChI is InChI=1S/C23H18ClN5OS/c24-17-7-6-16-12-18(27-19(16)13-17)14-31-23-28-21-20(25-9-10-26-21)22(30)29(23)11-8-15-4-2-1-3-5-15/h1-7,9-10,13H,8,11-12,14H2. The number of hydrogen-bond acceptors (Lipinski definition) is 6. The number of fused-ring (bicyclic) bond motifs is 2. The molecule has 0 N–H and O–H groups in total. The number of halogens is 1. The average Bonchev–Trinajstić information content (AvgIpc) is 3.20. The second-order valence-corrected chi connectivity index (χ2v) is 8.61. The normalized spacial score (nSPS) is 12.7. The predicted octanol–water partition coefficient (Wildman–Crippen LogP) is 4.50. The first-order valence-electron chi connectivity index (χ1n) is 9.90. The summed E-state index contributed by atoms with van der Waals surface area (Å²) in [6, 6.07) is 15.9. The second kappa shape index (κ2) is 8.61. The topological polar surface area (TPSA) is 73.0 Å². The van der Waals surface area contributed by atoms with Crippen molar-refractivity contribution in [1.29, 1.82) is 0 Å². The Kier molecular flexibility index (Phi) is 5.53. The molecule has 1 aliphatic heterocycles. The molecule has 0 radical (unpaired) electrons. The summed E-state index contributed by atoms with van der Waals surface area (Å²) >= 11 is 7.59. The number of aliphatic imine (C=N–C) groups is 1. The zero-order valence-electron chi connectivity index (χ0n) is 16.5. The molecular weight excluding hydrogens is 430 g/mol. The van der Waals surface area contributed by atoms with Gasteiger partial charge >= 0.3 is 0 Å². The Bertz CT molecular complexity index is 1350. The summed E-state index contributed by atoms with van der Waals surface area (Å²) in [5.74, 6) is 0.635. The Hall–Kier alpha value is -3.03. The van der Waals surface area contributed by atoms with E-state index in [-0.39, 0.29) is 5.56 Å². The number of rotatable bonds is 6. The predicted molar refractivity (Wildman–Crippen MR) is 125 cm³/mol. The third-order valence-corrected chi connectivity index (χ3v) is 6.40. The monoisotopic (exact) mass is 447 g/mol. The van der Waals surface area contributed by atoms with Gasteiger partial charge in [0.25, 0.3) is 5.56 Å². The molecule has 2 aromatic carbocycles. The Morgan fingerprint density at radius 1 is 1.06 bits per heavy atom. The number of thioether (sulfide) groups is 1. The van der Waals surface area contributed by atoms with Gasteiger partial charge in [-0.2, -0.15) is 0 Å². The molecule has 154 valence electrons. The molecule has 0 saturated heterocycles. The van der Waals surface area contributed by atoms with Crippen LogP contribution in [-0.2, 0) is 19.4 Å². The highest BCUT2D eigenvalue weighted by molar-refractivity contribution is 7.99. The van der Waals surface area contributed by atoms with Crippen molar-refractivity contribution in [3.05, 3.63) is 87.4 Å².